The number of carboxylic acids is 1. The molecule has 0 aliphatic heterocycles. The van der Waals surface area contributed by atoms with Crippen molar-refractivity contribution in [2.24, 2.45) is 11.8 Å². The molecule has 2 unspecified atom stereocenters. The van der Waals surface area contributed by atoms with Gasteiger partial charge in [0.2, 0.25) is 0 Å². The Morgan fingerprint density at radius 3 is 2.80 bits per heavy atom. The fourth-order valence-electron chi connectivity index (χ4n) is 2.64. The lowest BCUT2D eigenvalue weighted by molar-refractivity contribution is -0.144. The molecular weight excluding hydrogens is 260 g/mol. The van der Waals surface area contributed by atoms with Crippen LogP contribution in [0.3, 0.4) is 0 Å². The summed E-state index contributed by atoms with van der Waals surface area (Å²) >= 11 is 0. The Bertz CT molecular complexity index is 444. The van der Waals surface area contributed by atoms with Crippen molar-refractivity contribution in [3.63, 3.8) is 0 Å². The van der Waals surface area contributed by atoms with Crippen LogP contribution in [0, 0.1) is 11.8 Å². The number of hydrogen-bond donors (Lipinski definition) is 3. The Morgan fingerprint density at radius 2 is 2.10 bits per heavy atom. The highest BCUT2D eigenvalue weighted by atomic mass is 16.4. The summed E-state index contributed by atoms with van der Waals surface area (Å²) in [5.41, 5.74) is 0. The molecular formula is C14H20N2O4. The van der Waals surface area contributed by atoms with Gasteiger partial charge in [0.15, 0.2) is 0 Å². The number of urea groups is 1. The van der Waals surface area contributed by atoms with E-state index in [1.54, 1.807) is 18.4 Å². The van der Waals surface area contributed by atoms with Crippen LogP contribution in [0.25, 0.3) is 0 Å². The standard InChI is InChI=1S/C14H20N2O4/c17-13(18)12-6-2-1-4-10(12)8-15-14(19)16-9-11-5-3-7-20-11/h3,5,7,10,12H,1-2,4,6,8-9H2,(H,17,18)(H2,15,16,19). The second kappa shape index (κ2) is 6.98. The fourth-order valence-corrected chi connectivity index (χ4v) is 2.64. The molecule has 0 saturated heterocycles. The van der Waals surface area contributed by atoms with Gasteiger partial charge in [-0.1, -0.05) is 12.8 Å². The van der Waals surface area contributed by atoms with Crippen LogP contribution >= 0.6 is 0 Å². The molecule has 20 heavy (non-hydrogen) atoms. The van der Waals surface area contributed by atoms with Crippen molar-refractivity contribution in [1.82, 2.24) is 10.6 Å². The normalized spacial score (nSPS) is 22.2. The average Bonchev–Trinajstić information content (AvgIpc) is 2.96. The molecule has 1 fully saturated rings. The third-order valence-corrected chi connectivity index (χ3v) is 3.75. The van der Waals surface area contributed by atoms with E-state index >= 15 is 0 Å². The van der Waals surface area contributed by atoms with Crippen molar-refractivity contribution in [2.45, 2.75) is 32.2 Å². The number of nitrogens with one attached hydrogen (secondary N) is 2. The minimum absolute atomic E-state index is 0.0237. The van der Waals surface area contributed by atoms with Gasteiger partial charge in [-0.15, -0.1) is 0 Å². The largest absolute Gasteiger partial charge is 0.481 e. The summed E-state index contributed by atoms with van der Waals surface area (Å²) in [5.74, 6) is -0.390. The van der Waals surface area contributed by atoms with Crippen molar-refractivity contribution in [1.29, 1.82) is 0 Å². The molecule has 1 aromatic heterocycles. The molecule has 1 aliphatic carbocycles. The van der Waals surface area contributed by atoms with Crippen LogP contribution in [0.4, 0.5) is 4.79 Å². The zero-order chi connectivity index (χ0) is 14.4. The quantitative estimate of drug-likeness (QED) is 0.769. The molecule has 0 radical (unpaired) electrons. The van der Waals surface area contributed by atoms with E-state index in [4.69, 9.17) is 9.52 Å². The number of furan rings is 1. The van der Waals surface area contributed by atoms with Crippen LogP contribution in [0.5, 0.6) is 0 Å². The maximum Gasteiger partial charge on any atom is 0.315 e. The van der Waals surface area contributed by atoms with Gasteiger partial charge in [-0.25, -0.2) is 4.79 Å². The monoisotopic (exact) mass is 280 g/mol. The molecule has 2 atom stereocenters. The second-order valence-corrected chi connectivity index (χ2v) is 5.13. The molecule has 0 bridgehead atoms. The molecule has 6 nitrogen and oxygen atoms in total. The second-order valence-electron chi connectivity index (χ2n) is 5.13. The summed E-state index contributed by atoms with van der Waals surface area (Å²) in [5, 5.41) is 14.6. The van der Waals surface area contributed by atoms with Gasteiger partial charge in [-0.3, -0.25) is 4.79 Å². The van der Waals surface area contributed by atoms with Crippen LogP contribution in [0.15, 0.2) is 22.8 Å². The van der Waals surface area contributed by atoms with Gasteiger partial charge in [0.25, 0.3) is 0 Å². The van der Waals surface area contributed by atoms with Gasteiger partial charge in [0.05, 0.1) is 18.7 Å². The summed E-state index contributed by atoms with van der Waals surface area (Å²) in [4.78, 5) is 22.8. The highest BCUT2D eigenvalue weighted by Crippen LogP contribution is 2.29. The molecule has 6 heteroatoms. The van der Waals surface area contributed by atoms with E-state index in [1.165, 1.54) is 0 Å². The number of aliphatic carboxylic acids is 1. The molecule has 0 aromatic carbocycles. The minimum atomic E-state index is -0.757. The Morgan fingerprint density at radius 1 is 1.30 bits per heavy atom. The van der Waals surface area contributed by atoms with E-state index < -0.39 is 5.97 Å². The maximum atomic E-state index is 11.6. The summed E-state index contributed by atoms with van der Waals surface area (Å²) in [6.45, 7) is 0.729. The summed E-state index contributed by atoms with van der Waals surface area (Å²) in [7, 11) is 0. The van der Waals surface area contributed by atoms with Crippen LogP contribution < -0.4 is 10.6 Å². The van der Waals surface area contributed by atoms with Gasteiger partial charge in [-0.05, 0) is 30.9 Å². The molecule has 1 aliphatic rings. The molecule has 110 valence electrons. The first kappa shape index (κ1) is 14.4. The predicted molar refractivity (Wildman–Crippen MR) is 72.0 cm³/mol. The molecule has 1 heterocycles. The number of hydrogen-bond acceptors (Lipinski definition) is 3. The van der Waals surface area contributed by atoms with E-state index in [1.807, 2.05) is 0 Å². The molecule has 1 saturated carbocycles. The van der Waals surface area contributed by atoms with Crippen LogP contribution in [0.1, 0.15) is 31.4 Å². The van der Waals surface area contributed by atoms with E-state index in [0.717, 1.165) is 19.3 Å². The van der Waals surface area contributed by atoms with E-state index in [2.05, 4.69) is 10.6 Å². The predicted octanol–water partition coefficient (Wildman–Crippen LogP) is 1.97. The van der Waals surface area contributed by atoms with Gasteiger partial charge in [0.1, 0.15) is 5.76 Å². The highest BCUT2D eigenvalue weighted by Gasteiger charge is 2.30. The topological polar surface area (TPSA) is 91.6 Å². The van der Waals surface area contributed by atoms with Crippen molar-refractivity contribution in [3.05, 3.63) is 24.2 Å². The van der Waals surface area contributed by atoms with Gasteiger partial charge >= 0.3 is 12.0 Å². The van der Waals surface area contributed by atoms with Gasteiger partial charge < -0.3 is 20.2 Å². The van der Waals surface area contributed by atoms with Crippen molar-refractivity contribution in [3.8, 4) is 0 Å². The summed E-state index contributed by atoms with van der Waals surface area (Å²) in [6.07, 6.45) is 5.10. The van der Waals surface area contributed by atoms with E-state index in [9.17, 15) is 9.59 Å². The lowest BCUT2D eigenvalue weighted by atomic mass is 9.79. The third-order valence-electron chi connectivity index (χ3n) is 3.75. The average molecular weight is 280 g/mol. The third kappa shape index (κ3) is 4.01. The lowest BCUT2D eigenvalue weighted by Crippen LogP contribution is -2.41. The summed E-state index contributed by atoms with van der Waals surface area (Å²) in [6, 6.07) is 3.24. The van der Waals surface area contributed by atoms with Gasteiger partial charge in [-0.2, -0.15) is 0 Å². The van der Waals surface area contributed by atoms with Gasteiger partial charge in [0, 0.05) is 6.54 Å². The first-order valence-electron chi connectivity index (χ1n) is 6.93. The summed E-state index contributed by atoms with van der Waals surface area (Å²) < 4.78 is 5.11. The van der Waals surface area contributed by atoms with E-state index in [0.29, 0.717) is 25.3 Å². The zero-order valence-corrected chi connectivity index (χ0v) is 11.3. The number of rotatable bonds is 5. The molecule has 1 aromatic rings. The number of carboxylic acid groups (broad SMARTS) is 1. The Labute approximate surface area is 117 Å². The number of carbonyl (C=O) groups excluding carboxylic acids is 1. The Kier molecular flexibility index (Phi) is 5.03. The van der Waals surface area contributed by atoms with Crippen LogP contribution in [-0.4, -0.2) is 23.7 Å². The number of amides is 2. The van der Waals surface area contributed by atoms with Crippen LogP contribution in [-0.2, 0) is 11.3 Å². The van der Waals surface area contributed by atoms with E-state index in [-0.39, 0.29) is 17.9 Å². The molecule has 0 spiro atoms. The molecule has 2 rings (SSSR count). The SMILES string of the molecule is O=C(NCc1ccco1)NCC1CCCCC1C(=O)O. The Balaban J connectivity index is 1.72. The maximum absolute atomic E-state index is 11.6. The smallest absolute Gasteiger partial charge is 0.315 e. The zero-order valence-electron chi connectivity index (χ0n) is 11.3. The lowest BCUT2D eigenvalue weighted by Gasteiger charge is -2.28. The van der Waals surface area contributed by atoms with Crippen molar-refractivity contribution < 1.29 is 19.1 Å². The highest BCUT2D eigenvalue weighted by molar-refractivity contribution is 5.74. The number of carbonyl (C=O) groups is 2. The fraction of sp³-hybridized carbons (Fsp3) is 0.571. The Hall–Kier alpha value is -1.98. The molecule has 3 N–H and O–H groups in total. The first-order valence-corrected chi connectivity index (χ1v) is 6.93. The first-order chi connectivity index (χ1) is 9.66. The van der Waals surface area contributed by atoms with Crippen LogP contribution in [0.2, 0.25) is 0 Å². The minimum Gasteiger partial charge on any atom is -0.481 e. The molecule has 2 amide bonds. The van der Waals surface area contributed by atoms with Crippen molar-refractivity contribution in [2.75, 3.05) is 6.54 Å². The van der Waals surface area contributed by atoms with Crippen molar-refractivity contribution >= 4 is 12.0 Å².